The molecule has 1 atom stereocenters. The number of rotatable bonds is 1. The Balaban J connectivity index is 2.13. The number of nitrogens with two attached hydrogens (primary N) is 1. The maximum Gasteiger partial charge on any atom is 0.253 e. The lowest BCUT2D eigenvalue weighted by atomic mass is 9.98. The Bertz CT molecular complexity index is 488. The van der Waals surface area contributed by atoms with Crippen LogP contribution in [0.5, 0.6) is 0 Å². The van der Waals surface area contributed by atoms with E-state index >= 15 is 0 Å². The van der Waals surface area contributed by atoms with E-state index in [1.807, 2.05) is 0 Å². The van der Waals surface area contributed by atoms with E-state index in [1.54, 1.807) is 11.8 Å². The smallest absolute Gasteiger partial charge is 0.253 e. The second-order valence-electron chi connectivity index (χ2n) is 5.38. The van der Waals surface area contributed by atoms with Crippen LogP contribution >= 0.6 is 0 Å². The molecule has 0 spiro atoms. The number of hydrogen-bond acceptors (Lipinski definition) is 3. The number of aliphatic hydroxyl groups is 1. The number of amides is 1. The van der Waals surface area contributed by atoms with Crippen LogP contribution in [0.2, 0.25) is 0 Å². The van der Waals surface area contributed by atoms with Crippen molar-refractivity contribution in [3.8, 4) is 0 Å². The second kappa shape index (κ2) is 5.17. The number of halogens is 1. The topological polar surface area (TPSA) is 66.6 Å². The molecule has 1 unspecified atom stereocenters. The van der Waals surface area contributed by atoms with Crippen LogP contribution in [0.25, 0.3) is 0 Å². The first-order valence-electron chi connectivity index (χ1n) is 6.46. The highest BCUT2D eigenvalue weighted by molar-refractivity contribution is 5.94. The summed E-state index contributed by atoms with van der Waals surface area (Å²) in [7, 11) is 0. The first-order valence-corrected chi connectivity index (χ1v) is 6.46. The molecule has 1 aromatic rings. The van der Waals surface area contributed by atoms with Gasteiger partial charge in [0.25, 0.3) is 5.91 Å². The van der Waals surface area contributed by atoms with Crippen LogP contribution in [0.1, 0.15) is 36.5 Å². The lowest BCUT2D eigenvalue weighted by molar-refractivity contribution is 0.0438. The Morgan fingerprint density at radius 1 is 1.42 bits per heavy atom. The minimum Gasteiger partial charge on any atom is -0.396 e. The van der Waals surface area contributed by atoms with Gasteiger partial charge in [-0.1, -0.05) is 0 Å². The third-order valence-electron chi connectivity index (χ3n) is 3.60. The summed E-state index contributed by atoms with van der Waals surface area (Å²) >= 11 is 0. The highest BCUT2D eigenvalue weighted by atomic mass is 19.1. The monoisotopic (exact) mass is 266 g/mol. The van der Waals surface area contributed by atoms with E-state index in [2.05, 4.69) is 0 Å². The van der Waals surface area contributed by atoms with Crippen molar-refractivity contribution in [2.24, 2.45) is 0 Å². The summed E-state index contributed by atoms with van der Waals surface area (Å²) in [6.07, 6.45) is 1.96. The van der Waals surface area contributed by atoms with Crippen LogP contribution in [-0.2, 0) is 0 Å². The molecule has 1 amide bonds. The van der Waals surface area contributed by atoms with Gasteiger partial charge in [0.15, 0.2) is 0 Å². The van der Waals surface area contributed by atoms with Crippen molar-refractivity contribution < 1.29 is 14.3 Å². The van der Waals surface area contributed by atoms with Gasteiger partial charge in [-0.05, 0) is 44.4 Å². The van der Waals surface area contributed by atoms with Crippen molar-refractivity contribution in [3.05, 3.63) is 29.6 Å². The van der Waals surface area contributed by atoms with Gasteiger partial charge in [0, 0.05) is 18.7 Å². The summed E-state index contributed by atoms with van der Waals surface area (Å²) in [5.41, 5.74) is 5.01. The van der Waals surface area contributed by atoms with Crippen LogP contribution in [-0.4, -0.2) is 34.6 Å². The molecule has 0 aromatic heterocycles. The van der Waals surface area contributed by atoms with Crippen molar-refractivity contribution in [1.82, 2.24) is 4.90 Å². The first-order chi connectivity index (χ1) is 8.89. The van der Waals surface area contributed by atoms with E-state index in [9.17, 15) is 14.3 Å². The molecule has 0 bridgehead atoms. The maximum atomic E-state index is 13.4. The van der Waals surface area contributed by atoms with E-state index in [0.29, 0.717) is 31.5 Å². The van der Waals surface area contributed by atoms with Gasteiger partial charge in [-0.3, -0.25) is 4.79 Å². The van der Waals surface area contributed by atoms with Crippen molar-refractivity contribution in [2.75, 3.05) is 18.8 Å². The Kier molecular flexibility index (Phi) is 3.75. The van der Waals surface area contributed by atoms with Gasteiger partial charge >= 0.3 is 0 Å². The molecule has 3 N–H and O–H groups in total. The zero-order valence-corrected chi connectivity index (χ0v) is 11.0. The van der Waals surface area contributed by atoms with E-state index in [0.717, 1.165) is 6.42 Å². The summed E-state index contributed by atoms with van der Waals surface area (Å²) in [4.78, 5) is 13.9. The molecule has 0 aliphatic carbocycles. The average molecular weight is 266 g/mol. The van der Waals surface area contributed by atoms with Crippen molar-refractivity contribution >= 4 is 11.6 Å². The fraction of sp³-hybridized carbons (Fsp3) is 0.500. The van der Waals surface area contributed by atoms with E-state index in [1.165, 1.54) is 18.2 Å². The molecule has 1 saturated heterocycles. The standard InChI is InChI=1S/C14H19FN2O2/c1-14(19)5-2-7-17(8-6-14)13(18)10-3-4-12(16)11(15)9-10/h3-4,9,19H,2,5-8,16H2,1H3. The van der Waals surface area contributed by atoms with Crippen molar-refractivity contribution in [1.29, 1.82) is 0 Å². The maximum absolute atomic E-state index is 13.4. The van der Waals surface area contributed by atoms with Crippen molar-refractivity contribution in [3.63, 3.8) is 0 Å². The molecule has 0 saturated carbocycles. The largest absolute Gasteiger partial charge is 0.396 e. The molecule has 1 aliphatic rings. The number of nitrogens with zero attached hydrogens (tertiary/aromatic N) is 1. The summed E-state index contributed by atoms with van der Waals surface area (Å²) in [5.74, 6) is -0.788. The molecule has 1 heterocycles. The van der Waals surface area contributed by atoms with E-state index in [4.69, 9.17) is 5.73 Å². The van der Waals surface area contributed by atoms with Gasteiger partial charge in [-0.25, -0.2) is 4.39 Å². The molecule has 1 aromatic carbocycles. The second-order valence-corrected chi connectivity index (χ2v) is 5.38. The Morgan fingerprint density at radius 3 is 2.84 bits per heavy atom. The Hall–Kier alpha value is -1.62. The number of nitrogen functional groups attached to an aromatic ring is 1. The number of carbonyl (C=O) groups excluding carboxylic acids is 1. The van der Waals surface area contributed by atoms with Gasteiger partial charge in [0.1, 0.15) is 5.82 Å². The molecule has 104 valence electrons. The van der Waals surface area contributed by atoms with E-state index < -0.39 is 11.4 Å². The average Bonchev–Trinajstić information content (AvgIpc) is 2.53. The molecule has 2 rings (SSSR count). The molecule has 1 fully saturated rings. The zero-order chi connectivity index (χ0) is 14.0. The van der Waals surface area contributed by atoms with Gasteiger partial charge < -0.3 is 15.7 Å². The summed E-state index contributed by atoms with van der Waals surface area (Å²) in [6, 6.07) is 4.10. The third-order valence-corrected chi connectivity index (χ3v) is 3.60. The van der Waals surface area contributed by atoms with Gasteiger partial charge in [0.05, 0.1) is 11.3 Å². The summed E-state index contributed by atoms with van der Waals surface area (Å²) in [5, 5.41) is 9.99. The minimum atomic E-state index is -0.721. The molecule has 1 aliphatic heterocycles. The molecule has 5 heteroatoms. The third kappa shape index (κ3) is 3.23. The number of benzene rings is 1. The highest BCUT2D eigenvalue weighted by Crippen LogP contribution is 2.23. The van der Waals surface area contributed by atoms with E-state index in [-0.39, 0.29) is 11.6 Å². The predicted octanol–water partition coefficient (Wildman–Crippen LogP) is 1.79. The fourth-order valence-electron chi connectivity index (χ4n) is 2.31. The van der Waals surface area contributed by atoms with Gasteiger partial charge in [0.2, 0.25) is 0 Å². The number of carbonyl (C=O) groups is 1. The normalized spacial score (nSPS) is 24.1. The fourth-order valence-corrected chi connectivity index (χ4v) is 2.31. The van der Waals surface area contributed by atoms with Crippen LogP contribution in [0.15, 0.2) is 18.2 Å². The lowest BCUT2D eigenvalue weighted by Crippen LogP contribution is -2.33. The molecule has 19 heavy (non-hydrogen) atoms. The number of hydrogen-bond donors (Lipinski definition) is 2. The van der Waals surface area contributed by atoms with Crippen molar-refractivity contribution in [2.45, 2.75) is 31.8 Å². The quantitative estimate of drug-likeness (QED) is 0.761. The number of anilines is 1. The molecule has 4 nitrogen and oxygen atoms in total. The first kappa shape index (κ1) is 13.8. The molecule has 0 radical (unpaired) electrons. The van der Waals surface area contributed by atoms with Gasteiger partial charge in [-0.15, -0.1) is 0 Å². The predicted molar refractivity (Wildman–Crippen MR) is 71.2 cm³/mol. The summed E-state index contributed by atoms with van der Waals surface area (Å²) < 4.78 is 13.4. The van der Waals surface area contributed by atoms with Crippen LogP contribution in [0.4, 0.5) is 10.1 Å². The van der Waals surface area contributed by atoms with Crippen LogP contribution < -0.4 is 5.73 Å². The SMILES string of the molecule is CC1(O)CCCN(C(=O)c2ccc(N)c(F)c2)CC1. The van der Waals surface area contributed by atoms with Gasteiger partial charge in [-0.2, -0.15) is 0 Å². The molecular formula is C14H19FN2O2. The Labute approximate surface area is 112 Å². The van der Waals surface area contributed by atoms with Crippen LogP contribution in [0, 0.1) is 5.82 Å². The number of likely N-dealkylation sites (tertiary alicyclic amines) is 1. The lowest BCUT2D eigenvalue weighted by Gasteiger charge is -2.22. The molecular weight excluding hydrogens is 247 g/mol. The Morgan fingerprint density at radius 2 is 2.16 bits per heavy atom. The summed E-state index contributed by atoms with van der Waals surface area (Å²) in [6.45, 7) is 2.85. The highest BCUT2D eigenvalue weighted by Gasteiger charge is 2.27. The van der Waals surface area contributed by atoms with Crippen LogP contribution in [0.3, 0.4) is 0 Å². The zero-order valence-electron chi connectivity index (χ0n) is 11.0. The minimum absolute atomic E-state index is 0.0374.